The first-order valence-electron chi connectivity index (χ1n) is 8.13. The first-order chi connectivity index (χ1) is 10.5. The molecule has 1 aromatic heterocycles. The summed E-state index contributed by atoms with van der Waals surface area (Å²) >= 11 is 0. The van der Waals surface area contributed by atoms with Gasteiger partial charge in [-0.05, 0) is 24.7 Å². The molecule has 1 aliphatic heterocycles. The predicted molar refractivity (Wildman–Crippen MR) is 87.1 cm³/mol. The molecular weight excluding hydrogens is 280 g/mol. The van der Waals surface area contributed by atoms with Crippen LogP contribution in [0.4, 0.5) is 0 Å². The van der Waals surface area contributed by atoms with Gasteiger partial charge in [-0.25, -0.2) is 0 Å². The second kappa shape index (κ2) is 7.79. The summed E-state index contributed by atoms with van der Waals surface area (Å²) in [6.07, 6.45) is 3.69. The minimum absolute atomic E-state index is 0.179. The molecule has 2 unspecified atom stereocenters. The van der Waals surface area contributed by atoms with Crippen LogP contribution in [0.2, 0.25) is 0 Å². The first kappa shape index (κ1) is 17.0. The van der Waals surface area contributed by atoms with Crippen LogP contribution in [-0.4, -0.2) is 41.4 Å². The maximum atomic E-state index is 11.8. The summed E-state index contributed by atoms with van der Waals surface area (Å²) in [5.74, 6) is 1.20. The molecule has 5 heteroatoms. The third kappa shape index (κ3) is 4.58. The van der Waals surface area contributed by atoms with Crippen LogP contribution < -0.4 is 5.43 Å². The summed E-state index contributed by atoms with van der Waals surface area (Å²) in [5, 5.41) is 9.69. The van der Waals surface area contributed by atoms with Crippen molar-refractivity contribution in [3.05, 3.63) is 28.2 Å². The Morgan fingerprint density at radius 3 is 2.64 bits per heavy atom. The van der Waals surface area contributed by atoms with E-state index in [9.17, 15) is 9.90 Å². The van der Waals surface area contributed by atoms with E-state index in [1.807, 2.05) is 4.57 Å². The molecule has 0 aliphatic carbocycles. The van der Waals surface area contributed by atoms with Gasteiger partial charge in [-0.1, -0.05) is 13.8 Å². The highest BCUT2D eigenvalue weighted by atomic mass is 16.5. The Labute approximate surface area is 132 Å². The molecule has 0 spiro atoms. The van der Waals surface area contributed by atoms with Gasteiger partial charge in [-0.3, -0.25) is 9.69 Å². The van der Waals surface area contributed by atoms with Crippen molar-refractivity contribution in [2.45, 2.75) is 39.8 Å². The summed E-state index contributed by atoms with van der Waals surface area (Å²) < 4.78 is 7.07. The first-order valence-corrected chi connectivity index (χ1v) is 8.13. The monoisotopic (exact) mass is 308 g/mol. The average Bonchev–Trinajstić information content (AvgIpc) is 2.43. The number of rotatable bonds is 6. The number of piperidine rings is 1. The van der Waals surface area contributed by atoms with Crippen LogP contribution in [0.25, 0.3) is 0 Å². The molecule has 1 saturated heterocycles. The average molecular weight is 308 g/mol. The minimum Gasteiger partial charge on any atom is -0.503 e. The van der Waals surface area contributed by atoms with Gasteiger partial charge in [0.2, 0.25) is 5.43 Å². The maximum absolute atomic E-state index is 11.8. The molecule has 0 amide bonds. The van der Waals surface area contributed by atoms with E-state index in [0.29, 0.717) is 18.4 Å². The number of hydrogen-bond acceptors (Lipinski definition) is 4. The fourth-order valence-corrected chi connectivity index (χ4v) is 3.48. The lowest BCUT2D eigenvalue weighted by atomic mass is 9.92. The Kier molecular flexibility index (Phi) is 6.03. The summed E-state index contributed by atoms with van der Waals surface area (Å²) in [4.78, 5) is 14.2. The summed E-state index contributed by atoms with van der Waals surface area (Å²) in [6.45, 7) is 8.88. The molecular formula is C17H28N2O3. The number of nitrogens with zero attached hydrogens (tertiary/aromatic N) is 2. The van der Waals surface area contributed by atoms with Crippen LogP contribution >= 0.6 is 0 Å². The van der Waals surface area contributed by atoms with E-state index in [0.717, 1.165) is 38.3 Å². The minimum atomic E-state index is -0.295. The van der Waals surface area contributed by atoms with E-state index in [1.54, 1.807) is 19.4 Å². The number of ether oxygens (including phenoxy) is 1. The highest BCUT2D eigenvalue weighted by Gasteiger charge is 2.22. The third-order valence-corrected chi connectivity index (χ3v) is 4.27. The molecule has 0 bridgehead atoms. The molecule has 0 aromatic carbocycles. The van der Waals surface area contributed by atoms with E-state index >= 15 is 0 Å². The smallest absolute Gasteiger partial charge is 0.223 e. The molecule has 0 radical (unpaired) electrons. The van der Waals surface area contributed by atoms with Crippen molar-refractivity contribution in [3.8, 4) is 5.75 Å². The van der Waals surface area contributed by atoms with Crippen LogP contribution in [0.1, 0.15) is 32.4 Å². The Hall–Kier alpha value is -1.33. The molecule has 1 fully saturated rings. The van der Waals surface area contributed by atoms with Gasteiger partial charge in [0.25, 0.3) is 0 Å². The Bertz CT molecular complexity index is 531. The number of aromatic nitrogens is 1. The lowest BCUT2D eigenvalue weighted by Gasteiger charge is -2.35. The lowest BCUT2D eigenvalue weighted by molar-refractivity contribution is 0.130. The van der Waals surface area contributed by atoms with Gasteiger partial charge in [0.05, 0.1) is 6.20 Å². The van der Waals surface area contributed by atoms with E-state index in [1.165, 1.54) is 6.42 Å². The van der Waals surface area contributed by atoms with Crippen LogP contribution in [0.3, 0.4) is 0 Å². The fourth-order valence-electron chi connectivity index (χ4n) is 3.48. The molecule has 1 aromatic rings. The quantitative estimate of drug-likeness (QED) is 0.818. The number of pyridine rings is 1. The number of hydrogen-bond donors (Lipinski definition) is 1. The van der Waals surface area contributed by atoms with Crippen molar-refractivity contribution < 1.29 is 9.84 Å². The van der Waals surface area contributed by atoms with E-state index < -0.39 is 0 Å². The highest BCUT2D eigenvalue weighted by Crippen LogP contribution is 2.22. The van der Waals surface area contributed by atoms with Gasteiger partial charge in [-0.15, -0.1) is 0 Å². The van der Waals surface area contributed by atoms with Crippen molar-refractivity contribution in [1.29, 1.82) is 0 Å². The second-order valence-corrected chi connectivity index (χ2v) is 6.69. The zero-order valence-electron chi connectivity index (χ0n) is 13.9. The zero-order chi connectivity index (χ0) is 16.1. The number of likely N-dealkylation sites (tertiary alicyclic amines) is 1. The largest absolute Gasteiger partial charge is 0.503 e. The molecule has 2 heterocycles. The molecule has 22 heavy (non-hydrogen) atoms. The van der Waals surface area contributed by atoms with Gasteiger partial charge in [0, 0.05) is 51.7 Å². The van der Waals surface area contributed by atoms with Crippen molar-refractivity contribution in [2.24, 2.45) is 11.8 Å². The maximum Gasteiger partial charge on any atom is 0.223 e. The Morgan fingerprint density at radius 2 is 2.00 bits per heavy atom. The molecule has 2 rings (SSSR count). The zero-order valence-corrected chi connectivity index (χ0v) is 13.9. The molecule has 2 atom stereocenters. The van der Waals surface area contributed by atoms with Crippen molar-refractivity contribution >= 4 is 0 Å². The van der Waals surface area contributed by atoms with Gasteiger partial charge >= 0.3 is 0 Å². The Balaban J connectivity index is 2.13. The van der Waals surface area contributed by atoms with Crippen LogP contribution in [-0.2, 0) is 17.8 Å². The molecule has 124 valence electrons. The summed E-state index contributed by atoms with van der Waals surface area (Å²) in [5.41, 5.74) is 0.677. The SMILES string of the molecule is COCCCn1cc(O)c(=O)cc1CN1CC(C)CC(C)C1. The summed E-state index contributed by atoms with van der Waals surface area (Å²) in [6, 6.07) is 1.58. The molecule has 5 nitrogen and oxygen atoms in total. The van der Waals surface area contributed by atoms with Gasteiger partial charge in [0.15, 0.2) is 5.75 Å². The number of aromatic hydroxyl groups is 1. The lowest BCUT2D eigenvalue weighted by Crippen LogP contribution is -2.39. The standard InChI is InChI=1S/C17H28N2O3/c1-13-7-14(2)10-18(9-13)11-15-8-16(20)17(21)12-19(15)5-4-6-22-3/h8,12-14,21H,4-7,9-11H2,1-3H3. The Morgan fingerprint density at radius 1 is 1.32 bits per heavy atom. The highest BCUT2D eigenvalue weighted by molar-refractivity contribution is 5.20. The van der Waals surface area contributed by atoms with E-state index in [2.05, 4.69) is 18.7 Å². The van der Waals surface area contributed by atoms with Crippen molar-refractivity contribution in [3.63, 3.8) is 0 Å². The van der Waals surface area contributed by atoms with Crippen LogP contribution in [0.15, 0.2) is 17.1 Å². The van der Waals surface area contributed by atoms with E-state index in [-0.39, 0.29) is 11.2 Å². The molecule has 1 N–H and O–H groups in total. The van der Waals surface area contributed by atoms with Gasteiger partial charge < -0.3 is 14.4 Å². The molecule has 1 aliphatic rings. The predicted octanol–water partition coefficient (Wildman–Crippen LogP) is 2.07. The van der Waals surface area contributed by atoms with E-state index in [4.69, 9.17) is 4.74 Å². The van der Waals surface area contributed by atoms with Gasteiger partial charge in [0.1, 0.15) is 0 Å². The number of aryl methyl sites for hydroxylation is 1. The molecule has 0 saturated carbocycles. The van der Waals surface area contributed by atoms with Crippen molar-refractivity contribution in [1.82, 2.24) is 9.47 Å². The van der Waals surface area contributed by atoms with Gasteiger partial charge in [-0.2, -0.15) is 0 Å². The topological polar surface area (TPSA) is 54.7 Å². The fraction of sp³-hybridized carbons (Fsp3) is 0.706. The second-order valence-electron chi connectivity index (χ2n) is 6.69. The normalized spacial score (nSPS) is 22.9. The van der Waals surface area contributed by atoms with Crippen LogP contribution in [0.5, 0.6) is 5.75 Å². The van der Waals surface area contributed by atoms with Crippen molar-refractivity contribution in [2.75, 3.05) is 26.8 Å². The summed E-state index contributed by atoms with van der Waals surface area (Å²) in [7, 11) is 1.68. The van der Waals surface area contributed by atoms with Crippen LogP contribution in [0, 0.1) is 11.8 Å². The number of methoxy groups -OCH3 is 1. The third-order valence-electron chi connectivity index (χ3n) is 4.27.